The summed E-state index contributed by atoms with van der Waals surface area (Å²) in [5, 5.41) is 2.83. The largest absolute Gasteiger partial charge is 0.494 e. The van der Waals surface area contributed by atoms with Crippen molar-refractivity contribution in [2.45, 2.75) is 6.92 Å². The van der Waals surface area contributed by atoms with E-state index in [1.165, 1.54) is 20.1 Å². The molecule has 0 spiro atoms. The van der Waals surface area contributed by atoms with Crippen molar-refractivity contribution in [3.05, 3.63) is 30.0 Å². The van der Waals surface area contributed by atoms with Gasteiger partial charge in [0.1, 0.15) is 11.3 Å². The lowest BCUT2D eigenvalue weighted by Crippen LogP contribution is -2.30. The van der Waals surface area contributed by atoms with Gasteiger partial charge in [-0.3, -0.25) is 19.4 Å². The number of nitrogens with zero attached hydrogens (tertiary/aromatic N) is 1. The van der Waals surface area contributed by atoms with Gasteiger partial charge in [-0.1, -0.05) is 6.07 Å². The normalized spacial score (nSPS) is 10.2. The van der Waals surface area contributed by atoms with Crippen LogP contribution in [-0.4, -0.2) is 29.7 Å². The van der Waals surface area contributed by atoms with Crippen LogP contribution in [0.4, 0.5) is 5.69 Å². The van der Waals surface area contributed by atoms with Crippen LogP contribution >= 0.6 is 0 Å². The molecule has 2 rings (SSSR count). The quantitative estimate of drug-likeness (QED) is 0.642. The summed E-state index contributed by atoms with van der Waals surface area (Å²) in [7, 11) is 1.44. The van der Waals surface area contributed by atoms with Crippen LogP contribution in [0, 0.1) is 0 Å². The molecule has 1 aromatic heterocycles. The van der Waals surface area contributed by atoms with Crippen LogP contribution in [0.5, 0.6) is 5.75 Å². The Morgan fingerprint density at radius 1 is 1.33 bits per heavy atom. The molecule has 2 amide bonds. The van der Waals surface area contributed by atoms with Gasteiger partial charge in [-0.2, -0.15) is 0 Å². The van der Waals surface area contributed by atoms with Crippen LogP contribution in [0.1, 0.15) is 17.3 Å². The molecule has 0 aliphatic rings. The number of carbonyl (C=O) groups is 3. The van der Waals surface area contributed by atoms with E-state index in [4.69, 9.17) is 10.5 Å². The third-order valence-corrected chi connectivity index (χ3v) is 2.90. The molecule has 1 aromatic carbocycles. The molecule has 0 unspecified atom stereocenters. The molecule has 21 heavy (non-hydrogen) atoms. The predicted molar refractivity (Wildman–Crippen MR) is 76.1 cm³/mol. The lowest BCUT2D eigenvalue weighted by molar-refractivity contribution is -0.134. The third kappa shape index (κ3) is 2.66. The maximum Gasteiger partial charge on any atom is 0.313 e. The van der Waals surface area contributed by atoms with Crippen molar-refractivity contribution in [1.29, 1.82) is 0 Å². The fourth-order valence-corrected chi connectivity index (χ4v) is 2.04. The van der Waals surface area contributed by atoms with Gasteiger partial charge >= 0.3 is 11.8 Å². The number of Topliss-reactive ketones (excluding diaryl/α,β-unsaturated/α-hetero) is 1. The fourth-order valence-electron chi connectivity index (χ4n) is 2.04. The molecule has 2 aromatic rings. The summed E-state index contributed by atoms with van der Waals surface area (Å²) < 4.78 is 5.20. The standard InChI is InChI=1S/C14H13N3O4/c1-7(18)11-8-4-3-5-16-12(8)10(21-2)6-9(11)17-14(20)13(15)19/h3-6H,1-2H3,(H2,15,19)(H,17,20). The Labute approximate surface area is 120 Å². The van der Waals surface area contributed by atoms with Crippen molar-refractivity contribution < 1.29 is 19.1 Å². The van der Waals surface area contributed by atoms with Gasteiger partial charge in [0.2, 0.25) is 0 Å². The van der Waals surface area contributed by atoms with Crippen molar-refractivity contribution in [3.63, 3.8) is 0 Å². The Morgan fingerprint density at radius 3 is 2.62 bits per heavy atom. The Morgan fingerprint density at radius 2 is 2.05 bits per heavy atom. The van der Waals surface area contributed by atoms with E-state index >= 15 is 0 Å². The van der Waals surface area contributed by atoms with E-state index in [2.05, 4.69) is 10.3 Å². The fraction of sp³-hybridized carbons (Fsp3) is 0.143. The first kappa shape index (κ1) is 14.4. The van der Waals surface area contributed by atoms with Crippen molar-refractivity contribution in [1.82, 2.24) is 4.98 Å². The van der Waals surface area contributed by atoms with Crippen molar-refractivity contribution in [3.8, 4) is 5.75 Å². The van der Waals surface area contributed by atoms with E-state index in [0.29, 0.717) is 16.7 Å². The molecule has 0 atom stereocenters. The number of hydrogen-bond donors (Lipinski definition) is 2. The number of aromatic nitrogens is 1. The van der Waals surface area contributed by atoms with Gasteiger partial charge in [0.05, 0.1) is 18.4 Å². The predicted octanol–water partition coefficient (Wildman–Crippen LogP) is 0.870. The van der Waals surface area contributed by atoms with Gasteiger partial charge in [0, 0.05) is 17.6 Å². The number of pyridine rings is 1. The summed E-state index contributed by atoms with van der Waals surface area (Å²) in [6.45, 7) is 1.36. The Bertz CT molecular complexity index is 755. The molecule has 0 saturated heterocycles. The molecular weight excluding hydrogens is 274 g/mol. The van der Waals surface area contributed by atoms with Crippen LogP contribution in [0.2, 0.25) is 0 Å². The lowest BCUT2D eigenvalue weighted by atomic mass is 10.0. The highest BCUT2D eigenvalue weighted by Crippen LogP contribution is 2.33. The number of ketones is 1. The van der Waals surface area contributed by atoms with E-state index in [1.54, 1.807) is 18.3 Å². The van der Waals surface area contributed by atoms with Crippen LogP contribution in [-0.2, 0) is 9.59 Å². The van der Waals surface area contributed by atoms with Gasteiger partial charge in [-0.25, -0.2) is 0 Å². The summed E-state index contributed by atoms with van der Waals surface area (Å²) >= 11 is 0. The number of hydrogen-bond acceptors (Lipinski definition) is 5. The van der Waals surface area contributed by atoms with Gasteiger partial charge in [0.25, 0.3) is 0 Å². The first-order chi connectivity index (χ1) is 9.95. The number of primary amides is 1. The van der Waals surface area contributed by atoms with Crippen molar-refractivity contribution in [2.24, 2.45) is 5.73 Å². The smallest absolute Gasteiger partial charge is 0.313 e. The molecule has 7 nitrogen and oxygen atoms in total. The third-order valence-electron chi connectivity index (χ3n) is 2.90. The van der Waals surface area contributed by atoms with Gasteiger partial charge in [-0.15, -0.1) is 0 Å². The maximum absolute atomic E-state index is 11.9. The number of nitrogens with one attached hydrogen (secondary N) is 1. The first-order valence-electron chi connectivity index (χ1n) is 6.03. The monoisotopic (exact) mass is 287 g/mol. The van der Waals surface area contributed by atoms with Gasteiger partial charge in [-0.05, 0) is 13.0 Å². The molecule has 3 N–H and O–H groups in total. The lowest BCUT2D eigenvalue weighted by Gasteiger charge is -2.13. The molecular formula is C14H13N3O4. The molecule has 0 fully saturated rings. The molecule has 108 valence electrons. The summed E-state index contributed by atoms with van der Waals surface area (Å²) in [4.78, 5) is 38.4. The zero-order valence-corrected chi connectivity index (χ0v) is 11.5. The van der Waals surface area contributed by atoms with Gasteiger partial charge in [0.15, 0.2) is 5.78 Å². The number of methoxy groups -OCH3 is 1. The summed E-state index contributed by atoms with van der Waals surface area (Å²) in [6.07, 6.45) is 1.57. The number of rotatable bonds is 3. The zero-order chi connectivity index (χ0) is 15.6. The molecule has 0 aliphatic heterocycles. The number of amides is 2. The topological polar surface area (TPSA) is 111 Å². The highest BCUT2D eigenvalue weighted by atomic mass is 16.5. The van der Waals surface area contributed by atoms with Crippen LogP contribution in [0.25, 0.3) is 10.9 Å². The maximum atomic E-state index is 11.9. The highest BCUT2D eigenvalue weighted by molar-refractivity contribution is 6.39. The van der Waals surface area contributed by atoms with Gasteiger partial charge < -0.3 is 15.8 Å². The van der Waals surface area contributed by atoms with E-state index < -0.39 is 11.8 Å². The zero-order valence-electron chi connectivity index (χ0n) is 11.5. The molecule has 7 heteroatoms. The second-order valence-corrected chi connectivity index (χ2v) is 4.28. The Balaban J connectivity index is 2.74. The molecule has 0 bridgehead atoms. The van der Waals surface area contributed by atoms with E-state index in [-0.39, 0.29) is 17.0 Å². The summed E-state index contributed by atoms with van der Waals surface area (Å²) in [5.41, 5.74) is 5.80. The van der Waals surface area contributed by atoms with Crippen molar-refractivity contribution >= 4 is 34.2 Å². The Hall–Kier alpha value is -2.96. The number of ether oxygens (including phenoxy) is 1. The van der Waals surface area contributed by atoms with Crippen LogP contribution in [0.3, 0.4) is 0 Å². The molecule has 0 aliphatic carbocycles. The number of nitrogens with two attached hydrogens (primary N) is 1. The number of anilines is 1. The minimum absolute atomic E-state index is 0.156. The average Bonchev–Trinajstić information content (AvgIpc) is 2.45. The van der Waals surface area contributed by atoms with E-state index in [9.17, 15) is 14.4 Å². The molecule has 1 heterocycles. The van der Waals surface area contributed by atoms with E-state index in [1.807, 2.05) is 0 Å². The van der Waals surface area contributed by atoms with E-state index in [0.717, 1.165) is 0 Å². The minimum atomic E-state index is -1.14. The highest BCUT2D eigenvalue weighted by Gasteiger charge is 2.19. The number of carbonyl (C=O) groups excluding carboxylic acids is 3. The average molecular weight is 287 g/mol. The number of fused-ring (bicyclic) bond motifs is 1. The molecule has 0 saturated carbocycles. The molecule has 0 radical (unpaired) electrons. The van der Waals surface area contributed by atoms with Crippen LogP contribution < -0.4 is 15.8 Å². The second kappa shape index (κ2) is 5.58. The number of benzene rings is 1. The minimum Gasteiger partial charge on any atom is -0.494 e. The SMILES string of the molecule is COc1cc(NC(=O)C(N)=O)c(C(C)=O)c2cccnc12. The Kier molecular flexibility index (Phi) is 3.84. The van der Waals surface area contributed by atoms with Crippen LogP contribution in [0.15, 0.2) is 24.4 Å². The summed E-state index contributed by atoms with van der Waals surface area (Å²) in [6, 6.07) is 4.78. The second-order valence-electron chi connectivity index (χ2n) is 4.28. The van der Waals surface area contributed by atoms with Crippen molar-refractivity contribution in [2.75, 3.05) is 12.4 Å². The summed E-state index contributed by atoms with van der Waals surface area (Å²) in [5.74, 6) is -2.07. The first-order valence-corrected chi connectivity index (χ1v) is 6.03.